The van der Waals surface area contributed by atoms with Crippen LogP contribution >= 0.6 is 0 Å². The molecule has 0 unspecified atom stereocenters. The summed E-state index contributed by atoms with van der Waals surface area (Å²) >= 11 is 0. The molecule has 0 aliphatic carbocycles. The molecule has 0 heterocycles. The van der Waals surface area contributed by atoms with Crippen molar-refractivity contribution in [3.63, 3.8) is 0 Å². The first-order valence-corrected chi connectivity index (χ1v) is 30.9. The molecule has 0 bridgehead atoms. The molecule has 30 nitrogen and oxygen atoms in total. The van der Waals surface area contributed by atoms with E-state index in [2.05, 4.69) is 42.5 Å². The van der Waals surface area contributed by atoms with Gasteiger partial charge in [-0.1, -0.05) is 0 Å². The lowest BCUT2D eigenvalue weighted by Crippen LogP contribution is -2.58. The molecule has 0 aromatic heterocycles. The number of nitrogens with one attached hydrogen (secondary N) is 8. The molecule has 0 aliphatic rings. The molecule has 0 radical (unpaired) electrons. The lowest BCUT2D eigenvalue weighted by Gasteiger charge is -2.26. The molecule has 0 saturated carbocycles. The highest BCUT2D eigenvalue weighted by Crippen LogP contribution is 2.41. The van der Waals surface area contributed by atoms with Crippen LogP contribution in [0.2, 0.25) is 0 Å². The van der Waals surface area contributed by atoms with Crippen LogP contribution in [0, 0.1) is 0 Å². The summed E-state index contributed by atoms with van der Waals surface area (Å²) in [5.41, 5.74) is 6.75. The quantitative estimate of drug-likeness (QED) is 0.0283. The van der Waals surface area contributed by atoms with Gasteiger partial charge in [-0.05, 0) is 126 Å². The van der Waals surface area contributed by atoms with Gasteiger partial charge in [0.2, 0.25) is 52.5 Å². The molecule has 0 fully saturated rings. The van der Waals surface area contributed by atoms with Crippen LogP contribution < -0.4 is 105 Å². The average Bonchev–Trinajstić information content (AvgIpc) is 0.904. The third kappa shape index (κ3) is 23.0. The number of ether oxygens (including phenoxy) is 12. The molecular formula is C66H93N9O21. The minimum atomic E-state index is -1.36. The molecular weight excluding hydrogens is 1250 g/mol. The number of benzene rings is 4. The second-order valence-electron chi connectivity index (χ2n) is 21.5. The predicted octanol–water partition coefficient (Wildman–Crippen LogP) is 3.94. The van der Waals surface area contributed by atoms with Crippen molar-refractivity contribution in [2.45, 2.75) is 108 Å². The third-order valence-electron chi connectivity index (χ3n) is 15.1. The molecule has 4 aromatic rings. The van der Waals surface area contributed by atoms with E-state index in [1.54, 1.807) is 0 Å². The SMILES string of the molecule is COc1cc(C(=O)NCCCC[C@H](NC(=O)[C@H](CCCCNC(=O)c2cc(OC)c(OC)c(OC)c2)NC(=O)[C@H](CCCCNC(=O)c2cc(OC)c(OC)c(OC)c2)NC(=O)[C@H](CCCCNC(=O)c2cc(OC)c(OC)c(OC)c2)NC(C)=O)C(N)=O)cc(OC)c1OC. The van der Waals surface area contributed by atoms with Gasteiger partial charge < -0.3 is 105 Å². The Bertz CT molecular complexity index is 3190. The number of carbonyl (C=O) groups excluding carboxylic acids is 9. The van der Waals surface area contributed by atoms with Crippen molar-refractivity contribution in [3.05, 3.63) is 70.8 Å². The van der Waals surface area contributed by atoms with E-state index in [0.29, 0.717) is 37.2 Å². The van der Waals surface area contributed by atoms with Gasteiger partial charge in [-0.2, -0.15) is 0 Å². The Labute approximate surface area is 558 Å². The number of rotatable bonds is 44. The van der Waals surface area contributed by atoms with Crippen LogP contribution in [0.3, 0.4) is 0 Å². The maximum atomic E-state index is 14.8. The van der Waals surface area contributed by atoms with Gasteiger partial charge in [-0.3, -0.25) is 43.2 Å². The highest BCUT2D eigenvalue weighted by Gasteiger charge is 2.32. The number of amides is 9. The van der Waals surface area contributed by atoms with E-state index in [-0.39, 0.29) is 157 Å². The van der Waals surface area contributed by atoms with Crippen molar-refractivity contribution in [2.75, 3.05) is 111 Å². The maximum absolute atomic E-state index is 14.8. The Morgan fingerprint density at radius 2 is 0.500 bits per heavy atom. The minimum Gasteiger partial charge on any atom is -0.493 e. The topological polar surface area (TPSA) is 387 Å². The van der Waals surface area contributed by atoms with E-state index < -0.39 is 77.3 Å². The second kappa shape index (κ2) is 40.7. The zero-order valence-electron chi connectivity index (χ0n) is 56.9. The maximum Gasteiger partial charge on any atom is 0.251 e. The summed E-state index contributed by atoms with van der Waals surface area (Å²) in [5, 5.41) is 22.2. The highest BCUT2D eigenvalue weighted by atomic mass is 16.6. The first-order valence-electron chi connectivity index (χ1n) is 30.9. The average molecular weight is 1350 g/mol. The molecule has 96 heavy (non-hydrogen) atoms. The monoisotopic (exact) mass is 1350 g/mol. The van der Waals surface area contributed by atoms with Crippen molar-refractivity contribution in [1.29, 1.82) is 0 Å². The largest absolute Gasteiger partial charge is 0.493 e. The van der Waals surface area contributed by atoms with Crippen LogP contribution in [0.25, 0.3) is 0 Å². The van der Waals surface area contributed by atoms with E-state index in [9.17, 15) is 43.2 Å². The van der Waals surface area contributed by atoms with E-state index in [4.69, 9.17) is 62.6 Å². The summed E-state index contributed by atoms with van der Waals surface area (Å²) in [6.45, 7) is 1.78. The zero-order chi connectivity index (χ0) is 70.9. The molecule has 4 aromatic carbocycles. The van der Waals surface area contributed by atoms with E-state index in [1.807, 2.05) is 0 Å². The second-order valence-corrected chi connectivity index (χ2v) is 21.5. The Balaban J connectivity index is 1.57. The molecule has 30 heteroatoms. The molecule has 4 atom stereocenters. The Morgan fingerprint density at radius 3 is 0.688 bits per heavy atom. The first-order chi connectivity index (χ1) is 46.1. The summed E-state index contributed by atoms with van der Waals surface area (Å²) in [4.78, 5) is 123. The van der Waals surface area contributed by atoms with E-state index >= 15 is 0 Å². The molecule has 4 rings (SSSR count). The first kappa shape index (κ1) is 78.2. The zero-order valence-corrected chi connectivity index (χ0v) is 56.9. The van der Waals surface area contributed by atoms with Crippen LogP contribution in [0.4, 0.5) is 0 Å². The fourth-order valence-electron chi connectivity index (χ4n) is 10.1. The molecule has 0 spiro atoms. The molecule has 9 amide bonds. The number of hydrogen-bond acceptors (Lipinski definition) is 21. The van der Waals surface area contributed by atoms with E-state index in [0.717, 1.165) is 0 Å². The van der Waals surface area contributed by atoms with Crippen LogP contribution in [-0.4, -0.2) is 189 Å². The third-order valence-corrected chi connectivity index (χ3v) is 15.1. The van der Waals surface area contributed by atoms with Gasteiger partial charge in [0.05, 0.1) is 85.3 Å². The van der Waals surface area contributed by atoms with Gasteiger partial charge in [0, 0.05) is 55.4 Å². The van der Waals surface area contributed by atoms with E-state index in [1.165, 1.54) is 141 Å². The van der Waals surface area contributed by atoms with Crippen LogP contribution in [0.1, 0.15) is 125 Å². The predicted molar refractivity (Wildman–Crippen MR) is 352 cm³/mol. The number of carbonyl (C=O) groups is 9. The van der Waals surface area contributed by atoms with Crippen molar-refractivity contribution in [1.82, 2.24) is 42.5 Å². The smallest absolute Gasteiger partial charge is 0.251 e. The molecule has 10 N–H and O–H groups in total. The number of unbranched alkanes of at least 4 members (excludes halogenated alkanes) is 4. The summed E-state index contributed by atoms with van der Waals surface area (Å²) < 4.78 is 64.7. The van der Waals surface area contributed by atoms with Crippen molar-refractivity contribution in [2.24, 2.45) is 5.73 Å². The summed E-state index contributed by atoms with van der Waals surface area (Å²) in [5.74, 6) is -2.27. The standard InChI is InChI=1S/C66H93N9O21/c1-38(76)72-44(23-15-19-27-69-61(79)40-32-49(87-4)56(94-11)50(33-40)88-5)64(82)74-46(25-17-21-29-71-63(81)42-36-53(91-8)58(96-13)54(37-42)92-9)66(84)75-45(24-16-20-28-70-62(80)41-34-51(89-6)57(95-12)52(35-41)90-7)65(83)73-43(59(67)77)22-14-18-26-68-60(78)39-30-47(85-2)55(93-10)48(31-39)86-3/h30-37,43-46H,14-29H2,1-13H3,(H2,67,77)(H,68,78)(H,69,79)(H,70,80)(H,71,81)(H,72,76)(H,73,83)(H,74,82)(H,75,84)/t43-,44-,45-,46-/m0/s1. The Kier molecular flexibility index (Phi) is 33.2. The van der Waals surface area contributed by atoms with Crippen LogP contribution in [0.15, 0.2) is 48.5 Å². The molecule has 0 aliphatic heterocycles. The molecule has 0 saturated heterocycles. The summed E-state index contributed by atoms with van der Waals surface area (Å²) in [6, 6.07) is 6.82. The Morgan fingerprint density at radius 1 is 0.302 bits per heavy atom. The fourth-order valence-corrected chi connectivity index (χ4v) is 10.1. The van der Waals surface area contributed by atoms with Crippen LogP contribution in [-0.2, 0) is 24.0 Å². The fraction of sp³-hybridized carbons (Fsp3) is 0.500. The number of hydrogen-bond donors (Lipinski definition) is 9. The highest BCUT2D eigenvalue weighted by molar-refractivity contribution is 5.98. The Hall–Kier alpha value is -10.3. The van der Waals surface area contributed by atoms with Crippen molar-refractivity contribution < 1.29 is 100.0 Å². The van der Waals surface area contributed by atoms with Gasteiger partial charge in [0.1, 0.15) is 24.2 Å². The lowest BCUT2D eigenvalue weighted by atomic mass is 10.0. The van der Waals surface area contributed by atoms with Crippen molar-refractivity contribution >= 4 is 53.2 Å². The lowest BCUT2D eigenvalue weighted by molar-refractivity contribution is -0.134. The van der Waals surface area contributed by atoms with Gasteiger partial charge in [-0.25, -0.2) is 0 Å². The summed E-state index contributed by atoms with van der Waals surface area (Å²) in [6.07, 6.45) is 2.34. The van der Waals surface area contributed by atoms with Gasteiger partial charge in [0.25, 0.3) is 23.6 Å². The normalized spacial score (nSPS) is 11.9. The summed E-state index contributed by atoms with van der Waals surface area (Å²) in [7, 11) is 17.1. The number of primary amides is 1. The molecule has 528 valence electrons. The van der Waals surface area contributed by atoms with Crippen LogP contribution in [0.5, 0.6) is 69.0 Å². The van der Waals surface area contributed by atoms with Crippen molar-refractivity contribution in [3.8, 4) is 69.0 Å². The number of nitrogens with two attached hydrogens (primary N) is 1. The minimum absolute atomic E-state index is 0.0353. The van der Waals surface area contributed by atoms with Gasteiger partial charge in [-0.15, -0.1) is 0 Å². The number of methoxy groups -OCH3 is 12. The van der Waals surface area contributed by atoms with Gasteiger partial charge >= 0.3 is 0 Å². The van der Waals surface area contributed by atoms with Gasteiger partial charge in [0.15, 0.2) is 46.0 Å².